The van der Waals surface area contributed by atoms with Gasteiger partial charge in [-0.3, -0.25) is 14.4 Å². The number of unbranched alkanes of at least 4 members (excludes halogenated alkanes) is 2. The van der Waals surface area contributed by atoms with Crippen molar-refractivity contribution in [2.24, 2.45) is 5.73 Å². The number of fused-ring (bicyclic) bond motifs is 1. The first-order valence-electron chi connectivity index (χ1n) is 19.8. The number of amides is 4. The van der Waals surface area contributed by atoms with Gasteiger partial charge in [0.15, 0.2) is 5.58 Å². The predicted octanol–water partition coefficient (Wildman–Crippen LogP) is 5.77. The Labute approximate surface area is 342 Å². The number of nitrogens with one attached hydrogen (secondary N) is 2. The third kappa shape index (κ3) is 11.8. The zero-order valence-electron chi connectivity index (χ0n) is 33.0. The first-order chi connectivity index (χ1) is 28.7. The molecule has 2 aromatic heterocycles. The van der Waals surface area contributed by atoms with E-state index in [0.29, 0.717) is 36.2 Å². The van der Waals surface area contributed by atoms with Crippen molar-refractivity contribution in [2.75, 3.05) is 20.1 Å². The molecule has 0 bridgehead atoms. The number of carbonyl (C=O) groups is 5. The van der Waals surface area contributed by atoms with E-state index in [-0.39, 0.29) is 44.8 Å². The molecule has 4 atom stereocenters. The Morgan fingerprint density at radius 3 is 2.31 bits per heavy atom. The number of ketones is 1. The van der Waals surface area contributed by atoms with Crippen molar-refractivity contribution in [3.63, 3.8) is 0 Å². The molecule has 4 N–H and O–H groups in total. The van der Waals surface area contributed by atoms with Crippen LogP contribution in [0.5, 0.6) is 0 Å². The van der Waals surface area contributed by atoms with Crippen molar-refractivity contribution in [1.82, 2.24) is 25.4 Å². The Bertz CT molecular complexity index is 2110. The second-order valence-corrected chi connectivity index (χ2v) is 14.5. The molecule has 3 aromatic carbocycles. The van der Waals surface area contributed by atoms with Crippen LogP contribution in [0, 0.1) is 0 Å². The number of nitrogens with two attached hydrogens (primary N) is 1. The smallest absolute Gasteiger partial charge is 0.410 e. The molecule has 59 heavy (non-hydrogen) atoms. The molecule has 15 nitrogen and oxygen atoms in total. The molecule has 4 amide bonds. The fraction of sp³-hybridized carbons (Fsp3) is 0.364. The lowest BCUT2D eigenvalue weighted by molar-refractivity contribution is -0.140. The van der Waals surface area contributed by atoms with E-state index in [1.807, 2.05) is 60.7 Å². The molecule has 1 saturated heterocycles. The van der Waals surface area contributed by atoms with Crippen LogP contribution >= 0.6 is 0 Å². The van der Waals surface area contributed by atoms with E-state index >= 15 is 0 Å². The largest absolute Gasteiger partial charge is 0.467 e. The van der Waals surface area contributed by atoms with Crippen LogP contribution in [0.3, 0.4) is 0 Å². The first-order valence-corrected chi connectivity index (χ1v) is 19.8. The summed E-state index contributed by atoms with van der Waals surface area (Å²) in [4.78, 5) is 76.6. The Kier molecular flexibility index (Phi) is 14.9. The summed E-state index contributed by atoms with van der Waals surface area (Å²) >= 11 is 0. The number of alkyl carbamates (subject to hydrolysis) is 1. The number of Topliss-reactive ketones (excluding diaryl/α,β-unsaturated/α-hetero) is 1. The van der Waals surface area contributed by atoms with Gasteiger partial charge >= 0.3 is 12.2 Å². The van der Waals surface area contributed by atoms with Gasteiger partial charge in [0.05, 0.1) is 25.4 Å². The van der Waals surface area contributed by atoms with Gasteiger partial charge in [0.1, 0.15) is 36.1 Å². The highest BCUT2D eigenvalue weighted by molar-refractivity contribution is 6.01. The van der Waals surface area contributed by atoms with Gasteiger partial charge in [0, 0.05) is 13.5 Å². The SMILES string of the molecule is CN(Cc1ccco1)C(=O)O[C@@H]1CC(C(=O)NC(CCCCCN)C(=O)c2nc3ccccc3o2)N(C(=O)C(CCc2ccccc2)NC(=O)OCc2ccccc2)C1. The first kappa shape index (κ1) is 42.1. The van der Waals surface area contributed by atoms with Crippen LogP contribution in [0.15, 0.2) is 112 Å². The molecular weight excluding hydrogens is 757 g/mol. The standard InChI is InChI=1S/C44H50N6O9/c1-49(27-32-18-13-25-56-32)44(55)58-33-26-37(40(52)46-35(20-9-4-12-24-45)39(51)41-47-34-19-10-11-21-38(34)59-41)50(28-33)42(53)36(23-22-30-14-5-2-6-15-30)48-43(54)57-29-31-16-7-3-8-17-31/h2-3,5-8,10-11,13-19,21,25,33,35-37H,4,9,12,20,22-24,26-29,45H2,1H3,(H,46,52)(H,48,54)/t33-,35?,36?,37?/m1/s1. The number of hydrogen-bond acceptors (Lipinski definition) is 11. The summed E-state index contributed by atoms with van der Waals surface area (Å²) < 4.78 is 22.5. The van der Waals surface area contributed by atoms with Gasteiger partial charge in [-0.25, -0.2) is 14.6 Å². The van der Waals surface area contributed by atoms with Gasteiger partial charge in [0.2, 0.25) is 17.6 Å². The Morgan fingerprint density at radius 2 is 1.59 bits per heavy atom. The minimum Gasteiger partial charge on any atom is -0.467 e. The van der Waals surface area contributed by atoms with Gasteiger partial charge in [-0.1, -0.05) is 85.6 Å². The monoisotopic (exact) mass is 806 g/mol. The number of benzene rings is 3. The summed E-state index contributed by atoms with van der Waals surface area (Å²) in [5, 5.41) is 5.61. The number of furan rings is 1. The second kappa shape index (κ2) is 20.8. The number of hydrogen-bond donors (Lipinski definition) is 3. The number of para-hydroxylation sites is 2. The predicted molar refractivity (Wildman–Crippen MR) is 217 cm³/mol. The highest BCUT2D eigenvalue weighted by Crippen LogP contribution is 2.25. The maximum atomic E-state index is 14.7. The summed E-state index contributed by atoms with van der Waals surface area (Å²) in [5.41, 5.74) is 8.34. The Balaban J connectivity index is 1.24. The molecule has 3 unspecified atom stereocenters. The third-order valence-corrected chi connectivity index (χ3v) is 10.1. The summed E-state index contributed by atoms with van der Waals surface area (Å²) in [6.45, 7) is 0.433. The van der Waals surface area contributed by atoms with E-state index in [1.165, 1.54) is 16.1 Å². The van der Waals surface area contributed by atoms with E-state index in [1.54, 1.807) is 43.4 Å². The number of oxazole rings is 1. The zero-order valence-corrected chi connectivity index (χ0v) is 33.0. The van der Waals surface area contributed by atoms with Crippen LogP contribution in [-0.4, -0.2) is 88.9 Å². The van der Waals surface area contributed by atoms with Crippen molar-refractivity contribution in [1.29, 1.82) is 0 Å². The summed E-state index contributed by atoms with van der Waals surface area (Å²) in [6.07, 6.45) is 1.89. The molecule has 6 rings (SSSR count). The highest BCUT2D eigenvalue weighted by Gasteiger charge is 2.45. The number of carbonyl (C=O) groups excluding carboxylic acids is 5. The minimum atomic E-state index is -1.18. The molecule has 1 fully saturated rings. The third-order valence-electron chi connectivity index (χ3n) is 10.1. The zero-order chi connectivity index (χ0) is 41.6. The van der Waals surface area contributed by atoms with Crippen molar-refractivity contribution in [3.05, 3.63) is 126 Å². The fourth-order valence-electron chi connectivity index (χ4n) is 6.96. The van der Waals surface area contributed by atoms with Crippen molar-refractivity contribution in [2.45, 2.75) is 82.3 Å². The number of rotatable bonds is 19. The molecule has 5 aromatic rings. The van der Waals surface area contributed by atoms with Gasteiger partial charge in [-0.2, -0.15) is 0 Å². The minimum absolute atomic E-state index is 0.0225. The van der Waals surface area contributed by atoms with E-state index < -0.39 is 54.0 Å². The quantitative estimate of drug-likeness (QED) is 0.0676. The van der Waals surface area contributed by atoms with Crippen molar-refractivity contribution < 1.29 is 42.3 Å². The van der Waals surface area contributed by atoms with Crippen molar-refractivity contribution in [3.8, 4) is 0 Å². The van der Waals surface area contributed by atoms with E-state index in [2.05, 4.69) is 15.6 Å². The molecule has 0 aliphatic carbocycles. The number of aromatic nitrogens is 1. The van der Waals surface area contributed by atoms with Gasteiger partial charge in [-0.15, -0.1) is 0 Å². The lowest BCUT2D eigenvalue weighted by Gasteiger charge is -2.29. The molecule has 1 aliphatic heterocycles. The average Bonchev–Trinajstić information content (AvgIpc) is 4.04. The normalized spacial score (nSPS) is 15.9. The van der Waals surface area contributed by atoms with Gasteiger partial charge < -0.3 is 44.5 Å². The Hall–Kier alpha value is -6.48. The summed E-state index contributed by atoms with van der Waals surface area (Å²) in [6, 6.07) is 25.6. The average molecular weight is 807 g/mol. The molecule has 3 heterocycles. The maximum Gasteiger partial charge on any atom is 0.410 e. The summed E-state index contributed by atoms with van der Waals surface area (Å²) in [7, 11) is 1.55. The maximum absolute atomic E-state index is 14.7. The van der Waals surface area contributed by atoms with E-state index in [4.69, 9.17) is 24.0 Å². The van der Waals surface area contributed by atoms with Crippen LogP contribution in [0.1, 0.15) is 66.1 Å². The van der Waals surface area contributed by atoms with Crippen LogP contribution in [0.4, 0.5) is 9.59 Å². The molecule has 1 aliphatic rings. The van der Waals surface area contributed by atoms with Gasteiger partial charge in [-0.05, 0) is 67.6 Å². The number of likely N-dealkylation sites (tertiary alicyclic amines) is 1. The number of ether oxygens (including phenoxy) is 2. The van der Waals surface area contributed by atoms with Gasteiger partial charge in [0.25, 0.3) is 5.89 Å². The molecular formula is C44H50N6O9. The van der Waals surface area contributed by atoms with E-state index in [9.17, 15) is 24.0 Å². The number of aryl methyl sites for hydroxylation is 1. The molecule has 310 valence electrons. The lowest BCUT2D eigenvalue weighted by atomic mass is 10.0. The van der Waals surface area contributed by atoms with E-state index in [0.717, 1.165) is 24.0 Å². The highest BCUT2D eigenvalue weighted by atomic mass is 16.6. The number of nitrogens with zero attached hydrogens (tertiary/aromatic N) is 3. The van der Waals surface area contributed by atoms with Crippen LogP contribution in [0.25, 0.3) is 11.1 Å². The topological polar surface area (TPSA) is 200 Å². The van der Waals surface area contributed by atoms with Crippen molar-refractivity contribution >= 4 is 40.9 Å². The summed E-state index contributed by atoms with van der Waals surface area (Å²) in [5.74, 6) is -1.35. The fourth-order valence-corrected chi connectivity index (χ4v) is 6.96. The molecule has 0 radical (unpaired) electrons. The lowest BCUT2D eigenvalue weighted by Crippen LogP contribution is -2.55. The molecule has 0 saturated carbocycles. The molecule has 0 spiro atoms. The van der Waals surface area contributed by atoms with Crippen LogP contribution in [-0.2, 0) is 38.6 Å². The molecule has 15 heteroatoms. The Morgan fingerprint density at radius 1 is 0.864 bits per heavy atom. The van der Waals surface area contributed by atoms with Crippen LogP contribution < -0.4 is 16.4 Å². The second-order valence-electron chi connectivity index (χ2n) is 14.5. The van der Waals surface area contributed by atoms with Crippen LogP contribution in [0.2, 0.25) is 0 Å².